The van der Waals surface area contributed by atoms with E-state index in [1.807, 2.05) is 60.7 Å². The average Bonchev–Trinajstić information content (AvgIpc) is 2.73. The van der Waals surface area contributed by atoms with Gasteiger partial charge < -0.3 is 10.5 Å². The average molecular weight is 411 g/mol. The van der Waals surface area contributed by atoms with Crippen molar-refractivity contribution in [2.45, 2.75) is 12.4 Å². The number of thioether (sulfide) groups is 1. The first-order chi connectivity index (χ1) is 14.1. The minimum Gasteiger partial charge on any atom is -0.483 e. The van der Waals surface area contributed by atoms with Crippen LogP contribution in [-0.2, 0) is 12.4 Å². The lowest BCUT2D eigenvalue weighted by Crippen LogP contribution is -2.06. The van der Waals surface area contributed by atoms with Crippen molar-refractivity contribution in [3.8, 4) is 5.75 Å². The van der Waals surface area contributed by atoms with Crippen molar-refractivity contribution in [2.75, 3.05) is 0 Å². The van der Waals surface area contributed by atoms with Crippen molar-refractivity contribution < 1.29 is 13.5 Å². The fraction of sp³-hybridized carbons (Fsp3) is 0.0909. The monoisotopic (exact) mass is 411 g/mol. The maximum atomic E-state index is 14.2. The van der Waals surface area contributed by atoms with Crippen LogP contribution in [-0.4, -0.2) is 11.4 Å². The molecule has 4 nitrogen and oxygen atoms in total. The van der Waals surface area contributed by atoms with E-state index >= 15 is 0 Å². The molecule has 2 N–H and O–H groups in total. The number of benzene rings is 3. The summed E-state index contributed by atoms with van der Waals surface area (Å²) in [6.45, 7) is 0.0710. The van der Waals surface area contributed by atoms with Crippen molar-refractivity contribution in [1.82, 2.24) is 0 Å². The SMILES string of the molecule is NC(=NN=Cc1cc(F)c(OCc2ccccc2)c(F)c1)SCc1ccccc1. The van der Waals surface area contributed by atoms with E-state index in [0.29, 0.717) is 5.75 Å². The highest BCUT2D eigenvalue weighted by Gasteiger charge is 2.12. The van der Waals surface area contributed by atoms with Gasteiger partial charge in [-0.15, -0.1) is 5.10 Å². The van der Waals surface area contributed by atoms with Gasteiger partial charge in [0.05, 0.1) is 6.21 Å². The van der Waals surface area contributed by atoms with Crippen molar-refractivity contribution in [3.63, 3.8) is 0 Å². The predicted octanol–water partition coefficient (Wildman–Crippen LogP) is 5.13. The van der Waals surface area contributed by atoms with Gasteiger partial charge in [-0.25, -0.2) is 8.78 Å². The highest BCUT2D eigenvalue weighted by molar-refractivity contribution is 8.13. The van der Waals surface area contributed by atoms with Crippen LogP contribution in [0.5, 0.6) is 5.75 Å². The van der Waals surface area contributed by atoms with E-state index in [1.54, 1.807) is 0 Å². The number of hydrogen-bond donors (Lipinski definition) is 1. The minimum absolute atomic E-state index is 0.0710. The van der Waals surface area contributed by atoms with Crippen LogP contribution in [0, 0.1) is 11.6 Å². The molecule has 0 amide bonds. The summed E-state index contributed by atoms with van der Waals surface area (Å²) in [5.74, 6) is -1.38. The van der Waals surface area contributed by atoms with Gasteiger partial charge in [0.25, 0.3) is 0 Å². The molecule has 0 aromatic heterocycles. The Kier molecular flexibility index (Phi) is 7.35. The molecule has 3 aromatic rings. The number of halogens is 2. The lowest BCUT2D eigenvalue weighted by Gasteiger charge is -2.09. The summed E-state index contributed by atoms with van der Waals surface area (Å²) < 4.78 is 33.7. The van der Waals surface area contributed by atoms with Gasteiger partial charge in [0.1, 0.15) is 6.61 Å². The Balaban J connectivity index is 1.59. The van der Waals surface area contributed by atoms with E-state index in [-0.39, 0.29) is 17.3 Å². The zero-order valence-electron chi connectivity index (χ0n) is 15.5. The number of nitrogens with zero attached hydrogens (tertiary/aromatic N) is 2. The van der Waals surface area contributed by atoms with Gasteiger partial charge in [-0.2, -0.15) is 5.10 Å². The summed E-state index contributed by atoms with van der Waals surface area (Å²) >= 11 is 1.32. The van der Waals surface area contributed by atoms with Gasteiger partial charge in [0.2, 0.25) is 0 Å². The third-order valence-corrected chi connectivity index (χ3v) is 4.69. The molecule has 148 valence electrons. The van der Waals surface area contributed by atoms with E-state index in [0.717, 1.165) is 23.3 Å². The van der Waals surface area contributed by atoms with E-state index in [1.165, 1.54) is 18.0 Å². The molecule has 3 rings (SSSR count). The van der Waals surface area contributed by atoms with Gasteiger partial charge in [-0.05, 0) is 23.3 Å². The van der Waals surface area contributed by atoms with Crippen LogP contribution in [0.4, 0.5) is 8.78 Å². The van der Waals surface area contributed by atoms with Crippen LogP contribution in [0.3, 0.4) is 0 Å². The summed E-state index contributed by atoms with van der Waals surface area (Å²) in [6.07, 6.45) is 1.24. The maximum Gasteiger partial charge on any atom is 0.191 e. The zero-order valence-corrected chi connectivity index (χ0v) is 16.3. The van der Waals surface area contributed by atoms with Crippen LogP contribution in [0.25, 0.3) is 0 Å². The van der Waals surface area contributed by atoms with E-state index < -0.39 is 17.4 Å². The van der Waals surface area contributed by atoms with Crippen molar-refractivity contribution in [3.05, 3.63) is 101 Å². The number of ether oxygens (including phenoxy) is 1. The molecule has 0 fully saturated rings. The molecule has 0 saturated heterocycles. The standard InChI is InChI=1S/C22H19F2N3OS/c23-19-11-18(12-20(24)21(19)28-14-16-7-3-1-4-8-16)13-26-27-22(25)29-15-17-9-5-2-6-10-17/h1-13H,14-15H2,(H2,25,27). The second kappa shape index (κ2) is 10.4. The highest BCUT2D eigenvalue weighted by atomic mass is 32.2. The molecular weight excluding hydrogens is 392 g/mol. The van der Waals surface area contributed by atoms with Gasteiger partial charge in [-0.3, -0.25) is 0 Å². The van der Waals surface area contributed by atoms with E-state index in [2.05, 4.69) is 10.2 Å². The Labute approximate surface area is 172 Å². The minimum atomic E-state index is -0.808. The van der Waals surface area contributed by atoms with Gasteiger partial charge in [0, 0.05) is 11.3 Å². The molecule has 0 aliphatic carbocycles. The molecule has 0 bridgehead atoms. The lowest BCUT2D eigenvalue weighted by atomic mass is 10.2. The summed E-state index contributed by atoms with van der Waals surface area (Å²) in [6, 6.07) is 21.2. The molecular formula is C22H19F2N3OS. The summed E-state index contributed by atoms with van der Waals surface area (Å²) in [5.41, 5.74) is 7.94. The first-order valence-corrected chi connectivity index (χ1v) is 9.79. The molecule has 0 spiro atoms. The second-order valence-corrected chi connectivity index (χ2v) is 7.04. The van der Waals surface area contributed by atoms with Crippen molar-refractivity contribution in [2.24, 2.45) is 15.9 Å². The summed E-state index contributed by atoms with van der Waals surface area (Å²) in [7, 11) is 0. The lowest BCUT2D eigenvalue weighted by molar-refractivity contribution is 0.274. The van der Waals surface area contributed by atoms with E-state index in [9.17, 15) is 8.78 Å². The highest BCUT2D eigenvalue weighted by Crippen LogP contribution is 2.24. The zero-order chi connectivity index (χ0) is 20.5. The topological polar surface area (TPSA) is 60.0 Å². The molecule has 0 heterocycles. The van der Waals surface area contributed by atoms with E-state index in [4.69, 9.17) is 10.5 Å². The van der Waals surface area contributed by atoms with Gasteiger partial charge in [0.15, 0.2) is 22.6 Å². The number of nitrogens with two attached hydrogens (primary N) is 1. The summed E-state index contributed by atoms with van der Waals surface area (Å²) in [4.78, 5) is 0. The quantitative estimate of drug-likeness (QED) is 0.333. The second-order valence-electron chi connectivity index (χ2n) is 6.05. The molecule has 0 aliphatic heterocycles. The Bertz CT molecular complexity index is 972. The molecule has 0 saturated carbocycles. The first kappa shape index (κ1) is 20.5. The third kappa shape index (κ3) is 6.43. The van der Waals surface area contributed by atoms with Crippen LogP contribution in [0.2, 0.25) is 0 Å². The molecule has 29 heavy (non-hydrogen) atoms. The van der Waals surface area contributed by atoms with Crippen LogP contribution in [0.1, 0.15) is 16.7 Å². The Morgan fingerprint density at radius 2 is 1.52 bits per heavy atom. The Morgan fingerprint density at radius 1 is 0.931 bits per heavy atom. The smallest absolute Gasteiger partial charge is 0.191 e. The Morgan fingerprint density at radius 3 is 2.14 bits per heavy atom. The fourth-order valence-corrected chi connectivity index (χ4v) is 3.05. The predicted molar refractivity (Wildman–Crippen MR) is 114 cm³/mol. The van der Waals surface area contributed by atoms with Crippen LogP contribution >= 0.6 is 11.8 Å². The van der Waals surface area contributed by atoms with Gasteiger partial charge in [-0.1, -0.05) is 72.4 Å². The van der Waals surface area contributed by atoms with Crippen molar-refractivity contribution >= 4 is 23.1 Å². The molecule has 3 aromatic carbocycles. The third-order valence-electron chi connectivity index (χ3n) is 3.84. The number of rotatable bonds is 7. The largest absolute Gasteiger partial charge is 0.483 e. The molecule has 0 radical (unpaired) electrons. The molecule has 0 aliphatic rings. The molecule has 0 atom stereocenters. The Hall–Kier alpha value is -3.19. The number of hydrogen-bond acceptors (Lipinski definition) is 4. The normalized spacial score (nSPS) is 11.7. The first-order valence-electron chi connectivity index (χ1n) is 8.81. The van der Waals surface area contributed by atoms with Crippen molar-refractivity contribution in [1.29, 1.82) is 0 Å². The molecule has 0 unspecified atom stereocenters. The van der Waals surface area contributed by atoms with Crippen LogP contribution < -0.4 is 10.5 Å². The molecule has 7 heteroatoms. The maximum absolute atomic E-state index is 14.2. The van der Waals surface area contributed by atoms with Gasteiger partial charge >= 0.3 is 0 Å². The van der Waals surface area contributed by atoms with Crippen LogP contribution in [0.15, 0.2) is 83.0 Å². The fourth-order valence-electron chi connectivity index (χ4n) is 2.43. The summed E-state index contributed by atoms with van der Waals surface area (Å²) in [5, 5.41) is 7.90. The number of amidine groups is 1.